The number of aromatic nitrogens is 2. The molecular weight excluding hydrogens is 238 g/mol. The molecule has 0 aliphatic heterocycles. The molecule has 2 aromatic rings. The highest BCUT2D eigenvalue weighted by atomic mass is 16.5. The maximum atomic E-state index is 11.5. The summed E-state index contributed by atoms with van der Waals surface area (Å²) in [6, 6.07) is 4.40. The maximum absolute atomic E-state index is 11.5. The third-order valence-electron chi connectivity index (χ3n) is 2.16. The molecule has 0 radical (unpaired) electrons. The predicted octanol–water partition coefficient (Wildman–Crippen LogP) is 0.698. The van der Waals surface area contributed by atoms with Crippen molar-refractivity contribution in [1.29, 1.82) is 0 Å². The molecule has 0 saturated heterocycles. The van der Waals surface area contributed by atoms with E-state index in [1.807, 2.05) is 0 Å². The van der Waals surface area contributed by atoms with Crippen molar-refractivity contribution in [2.45, 2.75) is 6.54 Å². The SMILES string of the molecule is O=C(O)c1ccc(CNC(=O)c2ccno2)cn1. The number of carbonyl (C=O) groups excluding carboxylic acids is 1. The molecule has 0 bridgehead atoms. The Morgan fingerprint density at radius 3 is 2.72 bits per heavy atom. The summed E-state index contributed by atoms with van der Waals surface area (Å²) >= 11 is 0. The van der Waals surface area contributed by atoms with Crippen molar-refractivity contribution in [3.63, 3.8) is 0 Å². The van der Waals surface area contributed by atoms with Gasteiger partial charge in [0.2, 0.25) is 5.76 Å². The average Bonchev–Trinajstić information content (AvgIpc) is 2.90. The Hall–Kier alpha value is -2.70. The highest BCUT2D eigenvalue weighted by molar-refractivity contribution is 5.91. The molecule has 7 nitrogen and oxygen atoms in total. The van der Waals surface area contributed by atoms with E-state index >= 15 is 0 Å². The van der Waals surface area contributed by atoms with E-state index < -0.39 is 11.9 Å². The number of nitrogens with zero attached hydrogens (tertiary/aromatic N) is 2. The second-order valence-electron chi connectivity index (χ2n) is 3.42. The second-order valence-corrected chi connectivity index (χ2v) is 3.42. The minimum atomic E-state index is -1.09. The molecule has 0 saturated carbocycles. The molecule has 1 amide bonds. The number of carbonyl (C=O) groups is 2. The minimum absolute atomic E-state index is 0.0414. The molecule has 0 aliphatic carbocycles. The van der Waals surface area contributed by atoms with Gasteiger partial charge in [-0.3, -0.25) is 4.79 Å². The Bertz CT molecular complexity index is 548. The monoisotopic (exact) mass is 247 g/mol. The van der Waals surface area contributed by atoms with E-state index in [0.717, 1.165) is 0 Å². The van der Waals surface area contributed by atoms with E-state index in [-0.39, 0.29) is 18.0 Å². The van der Waals surface area contributed by atoms with Crippen LogP contribution in [0.5, 0.6) is 0 Å². The van der Waals surface area contributed by atoms with Crippen molar-refractivity contribution in [2.75, 3.05) is 0 Å². The summed E-state index contributed by atoms with van der Waals surface area (Å²) in [5.74, 6) is -1.37. The number of carboxylic acids is 1. The quantitative estimate of drug-likeness (QED) is 0.823. The summed E-state index contributed by atoms with van der Waals surface area (Å²) in [4.78, 5) is 25.8. The molecule has 0 spiro atoms. The molecule has 0 aromatic carbocycles. The average molecular weight is 247 g/mol. The number of pyridine rings is 1. The smallest absolute Gasteiger partial charge is 0.354 e. The predicted molar refractivity (Wildman–Crippen MR) is 58.9 cm³/mol. The molecule has 2 aromatic heterocycles. The number of amides is 1. The summed E-state index contributed by atoms with van der Waals surface area (Å²) in [5, 5.41) is 14.7. The zero-order chi connectivity index (χ0) is 13.0. The van der Waals surface area contributed by atoms with Crippen LogP contribution in [-0.2, 0) is 6.54 Å². The third kappa shape index (κ3) is 2.70. The highest BCUT2D eigenvalue weighted by Gasteiger charge is 2.09. The molecule has 2 N–H and O–H groups in total. The molecular formula is C11H9N3O4. The van der Waals surface area contributed by atoms with Crippen molar-refractivity contribution in [3.05, 3.63) is 47.6 Å². The van der Waals surface area contributed by atoms with Gasteiger partial charge in [-0.1, -0.05) is 11.2 Å². The van der Waals surface area contributed by atoms with E-state index in [1.54, 1.807) is 6.07 Å². The first-order chi connectivity index (χ1) is 8.66. The topological polar surface area (TPSA) is 105 Å². The molecule has 0 aliphatic rings. The molecule has 0 fully saturated rings. The fourth-order valence-corrected chi connectivity index (χ4v) is 1.26. The van der Waals surface area contributed by atoms with Crippen molar-refractivity contribution in [1.82, 2.24) is 15.5 Å². The number of hydrogen-bond acceptors (Lipinski definition) is 5. The van der Waals surface area contributed by atoms with Crippen LogP contribution < -0.4 is 5.32 Å². The van der Waals surface area contributed by atoms with Crippen LogP contribution in [0.2, 0.25) is 0 Å². The van der Waals surface area contributed by atoms with E-state index in [4.69, 9.17) is 5.11 Å². The minimum Gasteiger partial charge on any atom is -0.477 e. The first kappa shape index (κ1) is 11.8. The van der Waals surface area contributed by atoms with Crippen LogP contribution in [-0.4, -0.2) is 27.1 Å². The highest BCUT2D eigenvalue weighted by Crippen LogP contribution is 2.01. The molecule has 2 heterocycles. The number of rotatable bonds is 4. The zero-order valence-electron chi connectivity index (χ0n) is 9.16. The van der Waals surface area contributed by atoms with Crippen LogP contribution in [0.4, 0.5) is 0 Å². The van der Waals surface area contributed by atoms with Gasteiger partial charge >= 0.3 is 5.97 Å². The van der Waals surface area contributed by atoms with Gasteiger partial charge in [-0.05, 0) is 11.6 Å². The van der Waals surface area contributed by atoms with Gasteiger partial charge in [-0.2, -0.15) is 0 Å². The number of hydrogen-bond donors (Lipinski definition) is 2. The first-order valence-electron chi connectivity index (χ1n) is 5.04. The van der Waals surface area contributed by atoms with E-state index in [2.05, 4.69) is 20.0 Å². The fourth-order valence-electron chi connectivity index (χ4n) is 1.26. The standard InChI is InChI=1S/C11H9N3O4/c15-10(9-3-4-14-18-9)13-6-7-1-2-8(11(16)17)12-5-7/h1-5H,6H2,(H,13,15)(H,16,17). The fraction of sp³-hybridized carbons (Fsp3) is 0.0909. The van der Waals surface area contributed by atoms with Gasteiger partial charge in [-0.25, -0.2) is 9.78 Å². The number of aromatic carboxylic acids is 1. The van der Waals surface area contributed by atoms with Crippen LogP contribution in [0.3, 0.4) is 0 Å². The van der Waals surface area contributed by atoms with Gasteiger partial charge in [0.25, 0.3) is 5.91 Å². The van der Waals surface area contributed by atoms with E-state index in [9.17, 15) is 9.59 Å². The summed E-state index contributed by atoms with van der Waals surface area (Å²) in [7, 11) is 0. The summed E-state index contributed by atoms with van der Waals surface area (Å²) < 4.78 is 4.68. The Balaban J connectivity index is 1.94. The Labute approximate surface area is 101 Å². The summed E-state index contributed by atoms with van der Waals surface area (Å²) in [5.41, 5.74) is 0.646. The Morgan fingerprint density at radius 2 is 2.17 bits per heavy atom. The maximum Gasteiger partial charge on any atom is 0.354 e. The Morgan fingerprint density at radius 1 is 1.33 bits per heavy atom. The molecule has 2 rings (SSSR count). The third-order valence-corrected chi connectivity index (χ3v) is 2.16. The normalized spacial score (nSPS) is 10.0. The molecule has 0 atom stereocenters. The van der Waals surface area contributed by atoms with Gasteiger partial charge in [-0.15, -0.1) is 0 Å². The molecule has 18 heavy (non-hydrogen) atoms. The molecule has 92 valence electrons. The van der Waals surface area contributed by atoms with Crippen molar-refractivity contribution in [3.8, 4) is 0 Å². The summed E-state index contributed by atoms with van der Waals surface area (Å²) in [6.45, 7) is 0.229. The zero-order valence-corrected chi connectivity index (χ0v) is 9.16. The van der Waals surface area contributed by atoms with Gasteiger partial charge in [0.05, 0.1) is 6.20 Å². The molecule has 0 unspecified atom stereocenters. The van der Waals surface area contributed by atoms with Crippen LogP contribution in [0.15, 0.2) is 35.1 Å². The number of nitrogens with one attached hydrogen (secondary N) is 1. The lowest BCUT2D eigenvalue weighted by atomic mass is 10.2. The van der Waals surface area contributed by atoms with Crippen LogP contribution in [0.1, 0.15) is 26.6 Å². The van der Waals surface area contributed by atoms with E-state index in [1.165, 1.54) is 24.5 Å². The van der Waals surface area contributed by atoms with Crippen molar-refractivity contribution >= 4 is 11.9 Å². The molecule has 7 heteroatoms. The van der Waals surface area contributed by atoms with Crippen LogP contribution >= 0.6 is 0 Å². The number of carboxylic acid groups (broad SMARTS) is 1. The largest absolute Gasteiger partial charge is 0.477 e. The second kappa shape index (κ2) is 5.09. The lowest BCUT2D eigenvalue weighted by Gasteiger charge is -2.02. The Kier molecular flexibility index (Phi) is 3.33. The van der Waals surface area contributed by atoms with Crippen LogP contribution in [0.25, 0.3) is 0 Å². The van der Waals surface area contributed by atoms with Crippen LogP contribution in [0, 0.1) is 0 Å². The lowest BCUT2D eigenvalue weighted by Crippen LogP contribution is -2.22. The van der Waals surface area contributed by atoms with Gasteiger partial charge in [0, 0.05) is 18.8 Å². The van der Waals surface area contributed by atoms with Crippen molar-refractivity contribution < 1.29 is 19.2 Å². The van der Waals surface area contributed by atoms with Gasteiger partial charge in [0.1, 0.15) is 5.69 Å². The van der Waals surface area contributed by atoms with Crippen molar-refractivity contribution in [2.24, 2.45) is 0 Å². The summed E-state index contributed by atoms with van der Waals surface area (Å²) in [6.07, 6.45) is 2.77. The van der Waals surface area contributed by atoms with Gasteiger partial charge in [0.15, 0.2) is 0 Å². The van der Waals surface area contributed by atoms with E-state index in [0.29, 0.717) is 5.56 Å². The first-order valence-corrected chi connectivity index (χ1v) is 5.04. The van der Waals surface area contributed by atoms with Gasteiger partial charge < -0.3 is 14.9 Å². The lowest BCUT2D eigenvalue weighted by molar-refractivity contribution is 0.0690.